The molecule has 0 aromatic heterocycles. The van der Waals surface area contributed by atoms with E-state index in [0.29, 0.717) is 10.5 Å². The predicted octanol–water partition coefficient (Wildman–Crippen LogP) is 1.49. The van der Waals surface area contributed by atoms with E-state index in [1.807, 2.05) is 16.7 Å². The number of urea groups is 1. The van der Waals surface area contributed by atoms with E-state index in [4.69, 9.17) is 0 Å². The molecule has 0 aliphatic carbocycles. The fraction of sp³-hybridized carbons (Fsp3) is 0.889. The standard InChI is InChI=1S/C9H18N2OS/c1-7-5-11(6-8(2)13-7)9(12)10(3)4/h7-8H,5-6H2,1-4H3. The third-order valence-electron chi connectivity index (χ3n) is 2.07. The average molecular weight is 202 g/mol. The van der Waals surface area contributed by atoms with Gasteiger partial charge in [0.05, 0.1) is 0 Å². The first-order valence-corrected chi connectivity index (χ1v) is 5.56. The van der Waals surface area contributed by atoms with Crippen molar-refractivity contribution < 1.29 is 4.79 Å². The van der Waals surface area contributed by atoms with Crippen LogP contribution in [0.25, 0.3) is 0 Å². The lowest BCUT2D eigenvalue weighted by molar-refractivity contribution is 0.170. The summed E-state index contributed by atoms with van der Waals surface area (Å²) in [6.07, 6.45) is 0. The summed E-state index contributed by atoms with van der Waals surface area (Å²) in [6, 6.07) is 0.138. The molecule has 0 N–H and O–H groups in total. The monoisotopic (exact) mass is 202 g/mol. The van der Waals surface area contributed by atoms with Gasteiger partial charge in [0.2, 0.25) is 0 Å². The number of nitrogens with zero attached hydrogens (tertiary/aromatic N) is 2. The Kier molecular flexibility index (Phi) is 3.47. The average Bonchev–Trinajstić information content (AvgIpc) is 2.01. The van der Waals surface area contributed by atoms with Crippen LogP contribution < -0.4 is 0 Å². The molecule has 1 fully saturated rings. The minimum Gasteiger partial charge on any atom is -0.331 e. The smallest absolute Gasteiger partial charge is 0.319 e. The van der Waals surface area contributed by atoms with Crippen LogP contribution in [-0.2, 0) is 0 Å². The van der Waals surface area contributed by atoms with Gasteiger partial charge in [-0.1, -0.05) is 13.8 Å². The number of thioether (sulfide) groups is 1. The Morgan fingerprint density at radius 2 is 1.77 bits per heavy atom. The van der Waals surface area contributed by atoms with Gasteiger partial charge in [-0.15, -0.1) is 0 Å². The van der Waals surface area contributed by atoms with Crippen molar-refractivity contribution in [1.29, 1.82) is 0 Å². The summed E-state index contributed by atoms with van der Waals surface area (Å²) < 4.78 is 0. The Morgan fingerprint density at radius 1 is 1.31 bits per heavy atom. The van der Waals surface area contributed by atoms with Gasteiger partial charge in [0.25, 0.3) is 0 Å². The molecular weight excluding hydrogens is 184 g/mol. The molecule has 1 heterocycles. The van der Waals surface area contributed by atoms with E-state index in [2.05, 4.69) is 13.8 Å². The lowest BCUT2D eigenvalue weighted by atomic mass is 10.3. The largest absolute Gasteiger partial charge is 0.331 e. The molecule has 1 aliphatic heterocycles. The normalized spacial score (nSPS) is 28.8. The molecule has 0 radical (unpaired) electrons. The molecular formula is C9H18N2OS. The maximum Gasteiger partial charge on any atom is 0.319 e. The van der Waals surface area contributed by atoms with Crippen molar-refractivity contribution in [3.8, 4) is 0 Å². The van der Waals surface area contributed by atoms with Gasteiger partial charge in [-0.3, -0.25) is 0 Å². The van der Waals surface area contributed by atoms with Gasteiger partial charge in [0, 0.05) is 37.7 Å². The molecule has 3 nitrogen and oxygen atoms in total. The zero-order valence-corrected chi connectivity index (χ0v) is 9.60. The fourth-order valence-corrected chi connectivity index (χ4v) is 2.94. The van der Waals surface area contributed by atoms with Crippen LogP contribution in [0.1, 0.15) is 13.8 Å². The lowest BCUT2D eigenvalue weighted by Crippen LogP contribution is -2.48. The molecule has 0 bridgehead atoms. The number of amides is 2. The highest BCUT2D eigenvalue weighted by atomic mass is 32.2. The first-order valence-electron chi connectivity index (χ1n) is 4.62. The number of carbonyl (C=O) groups is 1. The van der Waals surface area contributed by atoms with E-state index in [0.717, 1.165) is 13.1 Å². The molecule has 2 atom stereocenters. The molecule has 0 saturated carbocycles. The summed E-state index contributed by atoms with van der Waals surface area (Å²) >= 11 is 1.96. The van der Waals surface area contributed by atoms with Crippen molar-refractivity contribution in [3.63, 3.8) is 0 Å². The zero-order valence-electron chi connectivity index (χ0n) is 8.78. The molecule has 1 aliphatic rings. The molecule has 1 rings (SSSR count). The molecule has 0 aromatic carbocycles. The highest BCUT2D eigenvalue weighted by Crippen LogP contribution is 2.24. The van der Waals surface area contributed by atoms with Crippen LogP contribution in [0.15, 0.2) is 0 Å². The predicted molar refractivity (Wildman–Crippen MR) is 57.2 cm³/mol. The first kappa shape index (κ1) is 10.7. The molecule has 4 heteroatoms. The molecule has 0 aromatic rings. The van der Waals surface area contributed by atoms with Crippen LogP contribution in [0, 0.1) is 0 Å². The molecule has 0 spiro atoms. The lowest BCUT2D eigenvalue weighted by Gasteiger charge is -2.35. The maximum absolute atomic E-state index is 11.6. The Morgan fingerprint density at radius 3 is 2.15 bits per heavy atom. The van der Waals surface area contributed by atoms with Crippen molar-refractivity contribution in [3.05, 3.63) is 0 Å². The zero-order chi connectivity index (χ0) is 10.0. The Balaban J connectivity index is 2.55. The van der Waals surface area contributed by atoms with Crippen LogP contribution in [0.2, 0.25) is 0 Å². The molecule has 76 valence electrons. The molecule has 13 heavy (non-hydrogen) atoms. The van der Waals surface area contributed by atoms with Gasteiger partial charge in [0.15, 0.2) is 0 Å². The van der Waals surface area contributed by atoms with Crippen LogP contribution in [0.4, 0.5) is 4.79 Å². The van der Waals surface area contributed by atoms with Gasteiger partial charge in [0.1, 0.15) is 0 Å². The Bertz CT molecular complexity index is 186. The van der Waals surface area contributed by atoms with Crippen molar-refractivity contribution >= 4 is 17.8 Å². The van der Waals surface area contributed by atoms with Crippen molar-refractivity contribution in [2.75, 3.05) is 27.2 Å². The summed E-state index contributed by atoms with van der Waals surface area (Å²) in [6.45, 7) is 6.12. The molecule has 2 unspecified atom stereocenters. The minimum atomic E-state index is 0.138. The fourth-order valence-electron chi connectivity index (χ4n) is 1.62. The van der Waals surface area contributed by atoms with Crippen LogP contribution in [0.3, 0.4) is 0 Å². The van der Waals surface area contributed by atoms with Crippen molar-refractivity contribution in [1.82, 2.24) is 9.80 Å². The number of hydrogen-bond donors (Lipinski definition) is 0. The molecule has 2 amide bonds. The van der Waals surface area contributed by atoms with Gasteiger partial charge in [-0.25, -0.2) is 4.79 Å². The third-order valence-corrected chi connectivity index (χ3v) is 3.30. The van der Waals surface area contributed by atoms with E-state index in [1.54, 1.807) is 19.0 Å². The number of rotatable bonds is 0. The van der Waals surface area contributed by atoms with Gasteiger partial charge in [-0.05, 0) is 0 Å². The summed E-state index contributed by atoms with van der Waals surface area (Å²) in [5.41, 5.74) is 0. The van der Waals surface area contributed by atoms with Crippen molar-refractivity contribution in [2.24, 2.45) is 0 Å². The molecule has 1 saturated heterocycles. The summed E-state index contributed by atoms with van der Waals surface area (Å²) in [4.78, 5) is 15.2. The first-order chi connectivity index (χ1) is 6.00. The van der Waals surface area contributed by atoms with E-state index >= 15 is 0 Å². The summed E-state index contributed by atoms with van der Waals surface area (Å²) in [5, 5.41) is 1.13. The highest BCUT2D eigenvalue weighted by molar-refractivity contribution is 8.00. The van der Waals surface area contributed by atoms with Gasteiger partial charge in [-0.2, -0.15) is 11.8 Å². The Hall–Kier alpha value is -0.380. The summed E-state index contributed by atoms with van der Waals surface area (Å²) in [7, 11) is 3.61. The minimum absolute atomic E-state index is 0.138. The second kappa shape index (κ2) is 4.22. The van der Waals surface area contributed by atoms with E-state index in [-0.39, 0.29) is 6.03 Å². The maximum atomic E-state index is 11.6. The van der Waals surface area contributed by atoms with E-state index in [9.17, 15) is 4.79 Å². The number of hydrogen-bond acceptors (Lipinski definition) is 2. The van der Waals surface area contributed by atoms with Crippen LogP contribution >= 0.6 is 11.8 Å². The highest BCUT2D eigenvalue weighted by Gasteiger charge is 2.26. The third kappa shape index (κ3) is 2.79. The Labute approximate surface area is 84.5 Å². The van der Waals surface area contributed by atoms with Crippen LogP contribution in [-0.4, -0.2) is 53.5 Å². The topological polar surface area (TPSA) is 23.6 Å². The van der Waals surface area contributed by atoms with E-state index in [1.165, 1.54) is 0 Å². The quantitative estimate of drug-likeness (QED) is 0.594. The van der Waals surface area contributed by atoms with E-state index < -0.39 is 0 Å². The van der Waals surface area contributed by atoms with Crippen LogP contribution in [0.5, 0.6) is 0 Å². The summed E-state index contributed by atoms with van der Waals surface area (Å²) in [5.74, 6) is 0. The van der Waals surface area contributed by atoms with Gasteiger partial charge >= 0.3 is 6.03 Å². The second-order valence-electron chi connectivity index (χ2n) is 3.84. The SMILES string of the molecule is CC1CN(C(=O)N(C)C)CC(C)S1. The second-order valence-corrected chi connectivity index (χ2v) is 5.72. The number of carbonyl (C=O) groups excluding carboxylic acids is 1. The van der Waals surface area contributed by atoms with Gasteiger partial charge < -0.3 is 9.80 Å². The van der Waals surface area contributed by atoms with Crippen molar-refractivity contribution in [2.45, 2.75) is 24.3 Å².